The SMILES string of the molecule is CC(C)C1(COC(=O)[C@@H]2ON=C(c3ccccc3)[C@H]2c2ccccc2)C(=O)NC(=O)NC1=O. The van der Waals surface area contributed by atoms with Gasteiger partial charge < -0.3 is 9.57 Å². The molecule has 9 nitrogen and oxygen atoms in total. The number of carbonyl (C=O) groups excluding carboxylic acids is 4. The first-order valence-electron chi connectivity index (χ1n) is 10.5. The second kappa shape index (κ2) is 8.85. The van der Waals surface area contributed by atoms with Gasteiger partial charge in [0.15, 0.2) is 5.41 Å². The molecule has 4 rings (SSSR count). The quantitative estimate of drug-likeness (QED) is 0.514. The van der Waals surface area contributed by atoms with Crippen LogP contribution in [0.25, 0.3) is 0 Å². The number of ether oxygens (including phenoxy) is 1. The van der Waals surface area contributed by atoms with E-state index in [2.05, 4.69) is 15.8 Å². The lowest BCUT2D eigenvalue weighted by molar-refractivity contribution is -0.166. The van der Waals surface area contributed by atoms with Gasteiger partial charge in [0.05, 0.1) is 11.6 Å². The average Bonchev–Trinajstić information content (AvgIpc) is 3.25. The third kappa shape index (κ3) is 3.97. The molecule has 1 saturated heterocycles. The summed E-state index contributed by atoms with van der Waals surface area (Å²) >= 11 is 0. The van der Waals surface area contributed by atoms with Gasteiger partial charge in [0.2, 0.25) is 17.9 Å². The number of imide groups is 2. The first kappa shape index (κ1) is 22.2. The second-order valence-corrected chi connectivity index (χ2v) is 8.23. The molecule has 0 spiro atoms. The lowest BCUT2D eigenvalue weighted by atomic mass is 9.75. The lowest BCUT2D eigenvalue weighted by Gasteiger charge is -2.36. The molecule has 2 heterocycles. The number of amides is 4. The van der Waals surface area contributed by atoms with Crippen LogP contribution in [0.4, 0.5) is 4.79 Å². The van der Waals surface area contributed by atoms with E-state index in [0.29, 0.717) is 5.71 Å². The van der Waals surface area contributed by atoms with Crippen molar-refractivity contribution in [3.8, 4) is 0 Å². The van der Waals surface area contributed by atoms with Gasteiger partial charge >= 0.3 is 12.0 Å². The lowest BCUT2D eigenvalue weighted by Crippen LogP contribution is -2.66. The Hall–Kier alpha value is -4.01. The smallest absolute Gasteiger partial charge is 0.351 e. The number of benzene rings is 2. The largest absolute Gasteiger partial charge is 0.461 e. The van der Waals surface area contributed by atoms with Crippen molar-refractivity contribution < 1.29 is 28.8 Å². The van der Waals surface area contributed by atoms with Gasteiger partial charge in [-0.15, -0.1) is 0 Å². The minimum atomic E-state index is -1.74. The number of nitrogens with zero attached hydrogens (tertiary/aromatic N) is 1. The van der Waals surface area contributed by atoms with E-state index in [9.17, 15) is 19.2 Å². The first-order valence-corrected chi connectivity index (χ1v) is 10.5. The predicted molar refractivity (Wildman–Crippen MR) is 117 cm³/mol. The number of hydrogen-bond acceptors (Lipinski definition) is 7. The van der Waals surface area contributed by atoms with Gasteiger partial charge in [-0.05, 0) is 11.5 Å². The average molecular weight is 449 g/mol. The van der Waals surface area contributed by atoms with Crippen LogP contribution in [0.2, 0.25) is 0 Å². The molecule has 4 amide bonds. The van der Waals surface area contributed by atoms with Gasteiger partial charge in [0.1, 0.15) is 6.61 Å². The van der Waals surface area contributed by atoms with Crippen LogP contribution in [0, 0.1) is 11.3 Å². The zero-order valence-corrected chi connectivity index (χ0v) is 18.1. The summed E-state index contributed by atoms with van der Waals surface area (Å²) in [6.07, 6.45) is -1.11. The number of nitrogens with one attached hydrogen (secondary N) is 2. The van der Waals surface area contributed by atoms with Crippen LogP contribution in [-0.2, 0) is 24.0 Å². The van der Waals surface area contributed by atoms with Gasteiger partial charge in [-0.1, -0.05) is 79.7 Å². The molecule has 0 unspecified atom stereocenters. The predicted octanol–water partition coefficient (Wildman–Crippen LogP) is 2.12. The van der Waals surface area contributed by atoms with Gasteiger partial charge in [-0.2, -0.15) is 0 Å². The van der Waals surface area contributed by atoms with E-state index in [1.807, 2.05) is 60.7 Å². The van der Waals surface area contributed by atoms with Gasteiger partial charge in [0.25, 0.3) is 0 Å². The zero-order valence-electron chi connectivity index (χ0n) is 18.1. The van der Waals surface area contributed by atoms with Crippen molar-refractivity contribution >= 4 is 29.5 Å². The molecule has 0 bridgehead atoms. The molecule has 1 fully saturated rings. The van der Waals surface area contributed by atoms with E-state index in [0.717, 1.165) is 11.1 Å². The summed E-state index contributed by atoms with van der Waals surface area (Å²) in [5, 5.41) is 8.33. The van der Waals surface area contributed by atoms with E-state index in [1.54, 1.807) is 13.8 Å². The molecule has 0 saturated carbocycles. The first-order chi connectivity index (χ1) is 15.8. The molecule has 2 aromatic rings. The molecular formula is C24H23N3O6. The summed E-state index contributed by atoms with van der Waals surface area (Å²) in [4.78, 5) is 55.4. The van der Waals surface area contributed by atoms with Crippen LogP contribution in [0.1, 0.15) is 30.9 Å². The van der Waals surface area contributed by atoms with Gasteiger partial charge in [-0.25, -0.2) is 9.59 Å². The highest BCUT2D eigenvalue weighted by atomic mass is 16.7. The summed E-state index contributed by atoms with van der Waals surface area (Å²) in [5.41, 5.74) is 0.427. The Morgan fingerprint density at radius 3 is 2.15 bits per heavy atom. The Bertz CT molecular complexity index is 1090. The minimum Gasteiger partial charge on any atom is -0.461 e. The Labute approximate surface area is 190 Å². The van der Waals surface area contributed by atoms with E-state index in [1.165, 1.54) is 0 Å². The number of barbiturate groups is 1. The van der Waals surface area contributed by atoms with Gasteiger partial charge in [-0.3, -0.25) is 20.2 Å². The van der Waals surface area contributed by atoms with Crippen molar-refractivity contribution in [3.63, 3.8) is 0 Å². The molecule has 2 atom stereocenters. The Kier molecular flexibility index (Phi) is 5.95. The Balaban J connectivity index is 1.59. The molecule has 33 heavy (non-hydrogen) atoms. The van der Waals surface area contributed by atoms with Crippen molar-refractivity contribution in [2.75, 3.05) is 6.61 Å². The van der Waals surface area contributed by atoms with E-state index >= 15 is 0 Å². The highest BCUT2D eigenvalue weighted by Gasteiger charge is 2.54. The monoisotopic (exact) mass is 449 g/mol. The van der Waals surface area contributed by atoms with Crippen LogP contribution in [0.3, 0.4) is 0 Å². The molecule has 2 aliphatic heterocycles. The second-order valence-electron chi connectivity index (χ2n) is 8.23. The topological polar surface area (TPSA) is 123 Å². The molecule has 9 heteroatoms. The Morgan fingerprint density at radius 2 is 1.58 bits per heavy atom. The molecule has 0 radical (unpaired) electrons. The van der Waals surface area contributed by atoms with E-state index in [4.69, 9.17) is 9.57 Å². The molecule has 0 aromatic heterocycles. The fourth-order valence-electron chi connectivity index (χ4n) is 4.04. The highest BCUT2D eigenvalue weighted by Crippen LogP contribution is 2.35. The number of urea groups is 1. The molecule has 2 N–H and O–H groups in total. The molecular weight excluding hydrogens is 426 g/mol. The van der Waals surface area contributed by atoms with Crippen molar-refractivity contribution in [2.24, 2.45) is 16.5 Å². The third-order valence-electron chi connectivity index (χ3n) is 6.01. The molecule has 0 aliphatic carbocycles. The molecule has 170 valence electrons. The van der Waals surface area contributed by atoms with Gasteiger partial charge in [0, 0.05) is 5.56 Å². The Morgan fingerprint density at radius 1 is 1.00 bits per heavy atom. The summed E-state index contributed by atoms with van der Waals surface area (Å²) in [5.74, 6) is -3.49. The van der Waals surface area contributed by atoms with Crippen LogP contribution in [-0.4, -0.2) is 42.2 Å². The zero-order chi connectivity index (χ0) is 23.6. The van der Waals surface area contributed by atoms with E-state index in [-0.39, 0.29) is 0 Å². The standard InChI is InChI=1S/C24H23N3O6/c1-14(2)24(21(29)25-23(31)26-22(24)30)13-32-20(28)19-17(15-9-5-3-6-10-15)18(27-33-19)16-11-7-4-8-12-16/h3-12,14,17,19H,13H2,1-2H3,(H2,25,26,29,30,31)/t17-,19-/m1/s1. The minimum absolute atomic E-state index is 0.545. The summed E-state index contributed by atoms with van der Waals surface area (Å²) in [6.45, 7) is 2.73. The summed E-state index contributed by atoms with van der Waals surface area (Å²) < 4.78 is 5.47. The number of rotatable bonds is 6. The number of esters is 1. The van der Waals surface area contributed by atoms with Crippen LogP contribution >= 0.6 is 0 Å². The summed E-state index contributed by atoms with van der Waals surface area (Å²) in [7, 11) is 0. The maximum atomic E-state index is 13.1. The number of oxime groups is 1. The normalized spacial score (nSPS) is 21.7. The maximum absolute atomic E-state index is 13.1. The van der Waals surface area contributed by atoms with E-state index < -0.39 is 53.8 Å². The van der Waals surface area contributed by atoms with Crippen LogP contribution in [0.5, 0.6) is 0 Å². The highest BCUT2D eigenvalue weighted by molar-refractivity contribution is 6.19. The maximum Gasteiger partial charge on any atom is 0.351 e. The van der Waals surface area contributed by atoms with Crippen molar-refractivity contribution in [2.45, 2.75) is 25.9 Å². The fraction of sp³-hybridized carbons (Fsp3) is 0.292. The van der Waals surface area contributed by atoms with Crippen molar-refractivity contribution in [3.05, 3.63) is 71.8 Å². The van der Waals surface area contributed by atoms with Crippen LogP contribution < -0.4 is 10.6 Å². The number of carbonyl (C=O) groups is 4. The van der Waals surface area contributed by atoms with Crippen molar-refractivity contribution in [1.82, 2.24) is 10.6 Å². The fourth-order valence-corrected chi connectivity index (χ4v) is 4.04. The molecule has 2 aliphatic rings. The van der Waals surface area contributed by atoms with Crippen molar-refractivity contribution in [1.29, 1.82) is 0 Å². The summed E-state index contributed by atoms with van der Waals surface area (Å²) in [6, 6.07) is 17.7. The number of hydrogen-bond donors (Lipinski definition) is 2. The third-order valence-corrected chi connectivity index (χ3v) is 6.01. The van der Waals surface area contributed by atoms with Crippen LogP contribution in [0.15, 0.2) is 65.8 Å². The molecule has 2 aromatic carbocycles.